The van der Waals surface area contributed by atoms with Gasteiger partial charge in [0.1, 0.15) is 11.4 Å². The summed E-state index contributed by atoms with van der Waals surface area (Å²) in [6.07, 6.45) is 1.61. The van der Waals surface area contributed by atoms with Gasteiger partial charge in [0.15, 0.2) is 5.82 Å². The number of aromatic nitrogens is 2. The van der Waals surface area contributed by atoms with E-state index in [2.05, 4.69) is 9.97 Å². The minimum atomic E-state index is -0.0687. The fraction of sp³-hybridized carbons (Fsp3) is 0.312. The Labute approximate surface area is 125 Å². The number of benzene rings is 1. The van der Waals surface area contributed by atoms with E-state index in [1.807, 2.05) is 56.3 Å². The molecule has 0 N–H and O–H groups in total. The molecule has 2 aromatic rings. The SMILES string of the molecule is CCN(C)C(=O)c1cnc(-c2ccccc2)nc1N(C)C. The Morgan fingerprint density at radius 1 is 1.14 bits per heavy atom. The van der Waals surface area contributed by atoms with Gasteiger partial charge in [0.25, 0.3) is 5.91 Å². The molecule has 1 aromatic carbocycles. The molecule has 0 aliphatic rings. The Balaban J connectivity index is 2.48. The maximum absolute atomic E-state index is 12.4. The van der Waals surface area contributed by atoms with Crippen LogP contribution in [0.4, 0.5) is 5.82 Å². The summed E-state index contributed by atoms with van der Waals surface area (Å²) in [4.78, 5) is 24.7. The molecule has 1 amide bonds. The minimum Gasteiger partial charge on any atom is -0.362 e. The second-order valence-corrected chi connectivity index (χ2v) is 5.01. The molecule has 110 valence electrons. The van der Waals surface area contributed by atoms with Crippen LogP contribution in [-0.2, 0) is 0 Å². The maximum Gasteiger partial charge on any atom is 0.258 e. The lowest BCUT2D eigenvalue weighted by Gasteiger charge is -2.20. The van der Waals surface area contributed by atoms with Crippen LogP contribution in [-0.4, -0.2) is 48.5 Å². The third kappa shape index (κ3) is 3.18. The van der Waals surface area contributed by atoms with Crippen LogP contribution in [0.2, 0.25) is 0 Å². The number of nitrogens with zero attached hydrogens (tertiary/aromatic N) is 4. The van der Waals surface area contributed by atoms with Crippen molar-refractivity contribution in [1.82, 2.24) is 14.9 Å². The summed E-state index contributed by atoms with van der Waals surface area (Å²) in [6, 6.07) is 9.74. The molecule has 0 fully saturated rings. The number of hydrogen-bond donors (Lipinski definition) is 0. The zero-order valence-electron chi connectivity index (χ0n) is 12.9. The molecule has 0 saturated heterocycles. The van der Waals surface area contributed by atoms with Crippen molar-refractivity contribution in [3.63, 3.8) is 0 Å². The fourth-order valence-corrected chi connectivity index (χ4v) is 1.94. The normalized spacial score (nSPS) is 10.3. The Morgan fingerprint density at radius 3 is 2.38 bits per heavy atom. The monoisotopic (exact) mass is 284 g/mol. The van der Waals surface area contributed by atoms with Gasteiger partial charge < -0.3 is 9.80 Å². The molecule has 0 aliphatic heterocycles. The van der Waals surface area contributed by atoms with Crippen LogP contribution in [0.25, 0.3) is 11.4 Å². The Morgan fingerprint density at radius 2 is 1.81 bits per heavy atom. The van der Waals surface area contributed by atoms with Crippen molar-refractivity contribution in [2.24, 2.45) is 0 Å². The van der Waals surface area contributed by atoms with Gasteiger partial charge in [-0.25, -0.2) is 9.97 Å². The summed E-state index contributed by atoms with van der Waals surface area (Å²) in [6.45, 7) is 2.58. The number of carbonyl (C=O) groups is 1. The minimum absolute atomic E-state index is 0.0687. The molecule has 0 atom stereocenters. The van der Waals surface area contributed by atoms with Crippen molar-refractivity contribution in [1.29, 1.82) is 0 Å². The molecule has 2 rings (SSSR count). The van der Waals surface area contributed by atoms with Crippen LogP contribution < -0.4 is 4.90 Å². The van der Waals surface area contributed by atoms with Gasteiger partial charge in [0, 0.05) is 39.4 Å². The molecule has 5 nitrogen and oxygen atoms in total. The van der Waals surface area contributed by atoms with E-state index in [0.29, 0.717) is 23.8 Å². The van der Waals surface area contributed by atoms with Gasteiger partial charge in [-0.15, -0.1) is 0 Å². The lowest BCUT2D eigenvalue weighted by atomic mass is 10.2. The van der Waals surface area contributed by atoms with E-state index in [1.165, 1.54) is 0 Å². The number of anilines is 1. The number of hydrogen-bond acceptors (Lipinski definition) is 4. The zero-order chi connectivity index (χ0) is 15.4. The number of carbonyl (C=O) groups excluding carboxylic acids is 1. The van der Waals surface area contributed by atoms with Gasteiger partial charge in [0.05, 0.1) is 0 Å². The molecule has 0 saturated carbocycles. The van der Waals surface area contributed by atoms with E-state index < -0.39 is 0 Å². The van der Waals surface area contributed by atoms with E-state index in [-0.39, 0.29) is 5.91 Å². The molecule has 21 heavy (non-hydrogen) atoms. The number of amides is 1. The first-order valence-corrected chi connectivity index (χ1v) is 6.89. The summed E-state index contributed by atoms with van der Waals surface area (Å²) < 4.78 is 0. The first-order chi connectivity index (χ1) is 10.0. The van der Waals surface area contributed by atoms with Crippen molar-refractivity contribution < 1.29 is 4.79 Å². The van der Waals surface area contributed by atoms with E-state index in [4.69, 9.17) is 0 Å². The first-order valence-electron chi connectivity index (χ1n) is 6.89. The van der Waals surface area contributed by atoms with E-state index in [9.17, 15) is 4.79 Å². The smallest absolute Gasteiger partial charge is 0.258 e. The van der Waals surface area contributed by atoms with E-state index >= 15 is 0 Å². The second-order valence-electron chi connectivity index (χ2n) is 5.01. The summed E-state index contributed by atoms with van der Waals surface area (Å²) in [5.74, 6) is 1.19. The lowest BCUT2D eigenvalue weighted by molar-refractivity contribution is 0.0802. The standard InChI is InChI=1S/C16H20N4O/c1-5-20(4)16(21)13-11-17-14(18-15(13)19(2)3)12-9-7-6-8-10-12/h6-11H,5H2,1-4H3. The average Bonchev–Trinajstić information content (AvgIpc) is 2.53. The van der Waals surface area contributed by atoms with Crippen molar-refractivity contribution in [2.45, 2.75) is 6.92 Å². The molecule has 0 unspecified atom stereocenters. The van der Waals surface area contributed by atoms with Gasteiger partial charge in [-0.3, -0.25) is 4.79 Å². The van der Waals surface area contributed by atoms with Gasteiger partial charge >= 0.3 is 0 Å². The van der Waals surface area contributed by atoms with Crippen molar-refractivity contribution in [2.75, 3.05) is 32.6 Å². The summed E-state index contributed by atoms with van der Waals surface area (Å²) >= 11 is 0. The molecule has 1 heterocycles. The van der Waals surface area contributed by atoms with E-state index in [1.54, 1.807) is 18.1 Å². The van der Waals surface area contributed by atoms with E-state index in [0.717, 1.165) is 5.56 Å². The third-order valence-corrected chi connectivity index (χ3v) is 3.28. The topological polar surface area (TPSA) is 49.3 Å². The van der Waals surface area contributed by atoms with Crippen LogP contribution in [0.15, 0.2) is 36.5 Å². The lowest BCUT2D eigenvalue weighted by Crippen LogP contribution is -2.29. The van der Waals surface area contributed by atoms with Crippen molar-refractivity contribution >= 4 is 11.7 Å². The highest BCUT2D eigenvalue weighted by atomic mass is 16.2. The number of rotatable bonds is 4. The van der Waals surface area contributed by atoms with Gasteiger partial charge in [-0.1, -0.05) is 30.3 Å². The molecule has 0 radical (unpaired) electrons. The fourth-order valence-electron chi connectivity index (χ4n) is 1.94. The highest BCUT2D eigenvalue weighted by molar-refractivity contribution is 5.98. The first kappa shape index (κ1) is 15.0. The molecule has 0 bridgehead atoms. The largest absolute Gasteiger partial charge is 0.362 e. The van der Waals surface area contributed by atoms with Crippen LogP contribution in [0.1, 0.15) is 17.3 Å². The molecule has 1 aromatic heterocycles. The molecule has 5 heteroatoms. The molecular weight excluding hydrogens is 264 g/mol. The summed E-state index contributed by atoms with van der Waals surface area (Å²) in [5, 5.41) is 0. The molecule has 0 spiro atoms. The Kier molecular flexibility index (Phi) is 4.52. The third-order valence-electron chi connectivity index (χ3n) is 3.28. The zero-order valence-corrected chi connectivity index (χ0v) is 12.9. The van der Waals surface area contributed by atoms with Crippen LogP contribution in [0.5, 0.6) is 0 Å². The summed E-state index contributed by atoms with van der Waals surface area (Å²) in [7, 11) is 5.52. The van der Waals surface area contributed by atoms with Crippen LogP contribution >= 0.6 is 0 Å². The van der Waals surface area contributed by atoms with Crippen molar-refractivity contribution in [3.8, 4) is 11.4 Å². The molecule has 0 aliphatic carbocycles. The maximum atomic E-state index is 12.4. The van der Waals surface area contributed by atoms with Crippen LogP contribution in [0.3, 0.4) is 0 Å². The van der Waals surface area contributed by atoms with Gasteiger partial charge in [-0.05, 0) is 6.92 Å². The highest BCUT2D eigenvalue weighted by Crippen LogP contribution is 2.21. The van der Waals surface area contributed by atoms with Crippen LogP contribution in [0, 0.1) is 0 Å². The predicted octanol–water partition coefficient (Wildman–Crippen LogP) is 2.30. The summed E-state index contributed by atoms with van der Waals surface area (Å²) in [5.41, 5.74) is 1.45. The quantitative estimate of drug-likeness (QED) is 0.864. The molecular formula is C16H20N4O. The average molecular weight is 284 g/mol. The van der Waals surface area contributed by atoms with Gasteiger partial charge in [0.2, 0.25) is 0 Å². The Bertz CT molecular complexity index is 625. The van der Waals surface area contributed by atoms with Crippen molar-refractivity contribution in [3.05, 3.63) is 42.1 Å². The van der Waals surface area contributed by atoms with Gasteiger partial charge in [-0.2, -0.15) is 0 Å². The highest BCUT2D eigenvalue weighted by Gasteiger charge is 2.19. The predicted molar refractivity (Wildman–Crippen MR) is 84.4 cm³/mol. The Hall–Kier alpha value is -2.43. The second kappa shape index (κ2) is 6.35.